The summed E-state index contributed by atoms with van der Waals surface area (Å²) < 4.78 is 5.14. The first kappa shape index (κ1) is 17.0. The van der Waals surface area contributed by atoms with Crippen LogP contribution in [0.2, 0.25) is 5.02 Å². The van der Waals surface area contributed by atoms with Crippen molar-refractivity contribution in [2.75, 3.05) is 17.7 Å². The molecule has 0 aliphatic rings. The Labute approximate surface area is 151 Å². The average Bonchev–Trinajstić information content (AvgIpc) is 2.62. The van der Waals surface area contributed by atoms with Crippen molar-refractivity contribution in [1.29, 1.82) is 0 Å². The highest BCUT2D eigenvalue weighted by atomic mass is 35.5. The summed E-state index contributed by atoms with van der Waals surface area (Å²) in [5, 5.41) is 14.8. The minimum Gasteiger partial charge on any atom is -0.495 e. The molecular weight excluding hydrogens is 338 g/mol. The third-order valence-corrected chi connectivity index (χ3v) is 3.98. The number of aryl methyl sites for hydroxylation is 1. The van der Waals surface area contributed by atoms with Gasteiger partial charge >= 0.3 is 0 Å². The van der Waals surface area contributed by atoms with Gasteiger partial charge in [-0.1, -0.05) is 35.9 Å². The van der Waals surface area contributed by atoms with E-state index < -0.39 is 0 Å². The summed E-state index contributed by atoms with van der Waals surface area (Å²) >= 11 is 6.13. The molecule has 2 N–H and O–H groups in total. The minimum atomic E-state index is 0.385. The number of hydrogen-bond acceptors (Lipinski definition) is 6. The summed E-state index contributed by atoms with van der Waals surface area (Å²) in [5.74, 6) is 1.64. The van der Waals surface area contributed by atoms with Gasteiger partial charge in [-0.15, -0.1) is 5.10 Å². The van der Waals surface area contributed by atoms with E-state index in [1.807, 2.05) is 18.2 Å². The van der Waals surface area contributed by atoms with Gasteiger partial charge in [-0.05, 0) is 36.2 Å². The molecule has 0 aliphatic carbocycles. The molecular formula is C18H18ClN5O. The number of rotatable bonds is 6. The zero-order valence-electron chi connectivity index (χ0n) is 14.0. The summed E-state index contributed by atoms with van der Waals surface area (Å²) in [7, 11) is 1.57. The van der Waals surface area contributed by atoms with Gasteiger partial charge < -0.3 is 15.4 Å². The van der Waals surface area contributed by atoms with Crippen LogP contribution >= 0.6 is 11.6 Å². The second kappa shape index (κ2) is 7.81. The number of halogens is 1. The van der Waals surface area contributed by atoms with E-state index in [4.69, 9.17) is 16.3 Å². The zero-order chi connectivity index (χ0) is 17.6. The molecule has 0 radical (unpaired) electrons. The summed E-state index contributed by atoms with van der Waals surface area (Å²) in [4.78, 5) is 4.41. The number of methoxy groups -OCH3 is 1. The van der Waals surface area contributed by atoms with Gasteiger partial charge in [-0.25, -0.2) is 0 Å². The molecule has 0 saturated heterocycles. The van der Waals surface area contributed by atoms with E-state index in [0.29, 0.717) is 29.1 Å². The number of ether oxygens (including phenoxy) is 1. The lowest BCUT2D eigenvalue weighted by Gasteiger charge is -2.10. The molecule has 0 amide bonds. The van der Waals surface area contributed by atoms with Crippen LogP contribution in [0.25, 0.3) is 0 Å². The fraction of sp³-hybridized carbons (Fsp3) is 0.167. The fourth-order valence-electron chi connectivity index (χ4n) is 2.31. The number of aromatic nitrogens is 3. The van der Waals surface area contributed by atoms with Crippen molar-refractivity contribution >= 4 is 29.1 Å². The summed E-state index contributed by atoms with van der Waals surface area (Å²) in [6.07, 6.45) is 1.59. The van der Waals surface area contributed by atoms with E-state index in [1.54, 1.807) is 25.4 Å². The standard InChI is InChI=1S/C18H18ClN5O/c1-12-5-3-4-6-13(12)10-20-17-11-21-24-18(23-17)22-14-7-8-16(25-2)15(19)9-14/h3-9,11H,10H2,1-2H3,(H2,20,22,23,24). The second-order valence-electron chi connectivity index (χ2n) is 5.42. The topological polar surface area (TPSA) is 72.0 Å². The first-order valence-electron chi connectivity index (χ1n) is 7.74. The number of nitrogens with one attached hydrogen (secondary N) is 2. The van der Waals surface area contributed by atoms with E-state index in [1.165, 1.54) is 11.1 Å². The highest BCUT2D eigenvalue weighted by molar-refractivity contribution is 6.32. The number of hydrogen-bond donors (Lipinski definition) is 2. The molecule has 0 saturated carbocycles. The van der Waals surface area contributed by atoms with Crippen LogP contribution in [0.5, 0.6) is 5.75 Å². The molecule has 2 aromatic carbocycles. The van der Waals surface area contributed by atoms with Crippen LogP contribution in [-0.2, 0) is 6.54 Å². The fourth-order valence-corrected chi connectivity index (χ4v) is 2.57. The normalized spacial score (nSPS) is 10.4. The van der Waals surface area contributed by atoms with Crippen molar-refractivity contribution in [1.82, 2.24) is 15.2 Å². The van der Waals surface area contributed by atoms with E-state index in [9.17, 15) is 0 Å². The van der Waals surface area contributed by atoms with Crippen LogP contribution in [0.4, 0.5) is 17.5 Å². The number of benzene rings is 2. The molecule has 128 valence electrons. The summed E-state index contributed by atoms with van der Waals surface area (Å²) in [5.41, 5.74) is 3.18. The lowest BCUT2D eigenvalue weighted by atomic mass is 10.1. The van der Waals surface area contributed by atoms with Crippen molar-refractivity contribution in [2.24, 2.45) is 0 Å². The highest BCUT2D eigenvalue weighted by Gasteiger charge is 2.05. The Morgan fingerprint density at radius 1 is 1.16 bits per heavy atom. The van der Waals surface area contributed by atoms with Gasteiger partial charge in [-0.2, -0.15) is 10.1 Å². The largest absolute Gasteiger partial charge is 0.495 e. The maximum absolute atomic E-state index is 6.13. The molecule has 1 heterocycles. The van der Waals surface area contributed by atoms with Crippen molar-refractivity contribution < 1.29 is 4.74 Å². The van der Waals surface area contributed by atoms with Crippen molar-refractivity contribution in [3.05, 3.63) is 64.8 Å². The lowest BCUT2D eigenvalue weighted by molar-refractivity contribution is 0.415. The maximum atomic E-state index is 6.13. The Kier molecular flexibility index (Phi) is 5.30. The third kappa shape index (κ3) is 4.36. The van der Waals surface area contributed by atoms with Gasteiger partial charge in [0.25, 0.3) is 0 Å². The molecule has 25 heavy (non-hydrogen) atoms. The number of nitrogens with zero attached hydrogens (tertiary/aromatic N) is 3. The molecule has 1 aromatic heterocycles. The Bertz CT molecular complexity index is 872. The van der Waals surface area contributed by atoms with Crippen LogP contribution in [0.3, 0.4) is 0 Å². The van der Waals surface area contributed by atoms with Crippen LogP contribution in [-0.4, -0.2) is 22.3 Å². The molecule has 0 bridgehead atoms. The van der Waals surface area contributed by atoms with Gasteiger partial charge in [0, 0.05) is 12.2 Å². The van der Waals surface area contributed by atoms with Gasteiger partial charge in [0.15, 0.2) is 5.82 Å². The van der Waals surface area contributed by atoms with E-state index >= 15 is 0 Å². The van der Waals surface area contributed by atoms with Crippen LogP contribution in [0.15, 0.2) is 48.7 Å². The minimum absolute atomic E-state index is 0.385. The SMILES string of the molecule is COc1ccc(Nc2nncc(NCc3ccccc3C)n2)cc1Cl. The van der Waals surface area contributed by atoms with E-state index in [-0.39, 0.29) is 0 Å². The quantitative estimate of drug-likeness (QED) is 0.690. The van der Waals surface area contributed by atoms with Gasteiger partial charge in [0.1, 0.15) is 5.75 Å². The molecule has 0 fully saturated rings. The van der Waals surface area contributed by atoms with Crippen LogP contribution < -0.4 is 15.4 Å². The predicted molar refractivity (Wildman–Crippen MR) is 99.6 cm³/mol. The zero-order valence-corrected chi connectivity index (χ0v) is 14.7. The summed E-state index contributed by atoms with van der Waals surface area (Å²) in [6, 6.07) is 13.6. The summed E-state index contributed by atoms with van der Waals surface area (Å²) in [6.45, 7) is 2.74. The Hall–Kier alpha value is -2.86. The highest BCUT2D eigenvalue weighted by Crippen LogP contribution is 2.28. The smallest absolute Gasteiger partial charge is 0.249 e. The first-order valence-corrected chi connectivity index (χ1v) is 8.12. The van der Waals surface area contributed by atoms with E-state index in [2.05, 4.69) is 44.9 Å². The monoisotopic (exact) mass is 355 g/mol. The molecule has 7 heteroatoms. The Morgan fingerprint density at radius 3 is 2.76 bits per heavy atom. The molecule has 3 aromatic rings. The van der Waals surface area contributed by atoms with Gasteiger partial charge in [0.05, 0.1) is 18.3 Å². The molecule has 0 spiro atoms. The molecule has 0 atom stereocenters. The average molecular weight is 356 g/mol. The van der Waals surface area contributed by atoms with Crippen molar-refractivity contribution in [2.45, 2.75) is 13.5 Å². The van der Waals surface area contributed by atoms with Crippen molar-refractivity contribution in [3.8, 4) is 5.75 Å². The second-order valence-corrected chi connectivity index (χ2v) is 5.83. The predicted octanol–water partition coefficient (Wildman–Crippen LogP) is 4.20. The first-order chi connectivity index (χ1) is 12.2. The third-order valence-electron chi connectivity index (χ3n) is 3.69. The van der Waals surface area contributed by atoms with Crippen LogP contribution in [0.1, 0.15) is 11.1 Å². The van der Waals surface area contributed by atoms with Gasteiger partial charge in [0.2, 0.25) is 5.95 Å². The van der Waals surface area contributed by atoms with E-state index in [0.717, 1.165) is 5.69 Å². The Morgan fingerprint density at radius 2 is 2.00 bits per heavy atom. The molecule has 0 aliphatic heterocycles. The molecule has 6 nitrogen and oxygen atoms in total. The molecule has 3 rings (SSSR count). The number of anilines is 3. The van der Waals surface area contributed by atoms with Gasteiger partial charge in [-0.3, -0.25) is 0 Å². The lowest BCUT2D eigenvalue weighted by Crippen LogP contribution is -2.06. The maximum Gasteiger partial charge on any atom is 0.249 e. The molecule has 0 unspecified atom stereocenters. The van der Waals surface area contributed by atoms with Crippen LogP contribution in [0, 0.1) is 6.92 Å². The van der Waals surface area contributed by atoms with Crippen molar-refractivity contribution in [3.63, 3.8) is 0 Å². The Balaban J connectivity index is 1.69.